The smallest absolute Gasteiger partial charge is 0.0917 e. The minimum Gasteiger partial charge on any atom is -0.0917 e. The molecule has 0 aliphatic rings. The number of hydrogen-bond donors (Lipinski definition) is 0. The van der Waals surface area contributed by atoms with Gasteiger partial charge in [-0.05, 0) is 19.8 Å². The molecule has 0 spiro atoms. The molecular formula is C12H25B. The molecule has 0 aromatic carbocycles. The fourth-order valence-corrected chi connectivity index (χ4v) is 1.51. The molecule has 0 saturated heterocycles. The highest BCUT2D eigenvalue weighted by Crippen LogP contribution is 2.09. The number of rotatable bonds is 8. The molecule has 0 bridgehead atoms. The second-order valence-corrected chi connectivity index (χ2v) is 4.31. The van der Waals surface area contributed by atoms with Gasteiger partial charge >= 0.3 is 0 Å². The van der Waals surface area contributed by atoms with Gasteiger partial charge in [-0.15, -0.1) is 0 Å². The molecule has 13 heavy (non-hydrogen) atoms. The van der Waals surface area contributed by atoms with E-state index in [1.54, 1.807) is 0 Å². The lowest BCUT2D eigenvalue weighted by atomic mass is 9.51. The largest absolute Gasteiger partial charge is 0.133 e. The topological polar surface area (TPSA) is 0 Å². The first-order valence-corrected chi connectivity index (χ1v) is 5.88. The van der Waals surface area contributed by atoms with E-state index in [4.69, 9.17) is 0 Å². The minimum absolute atomic E-state index is 0.892. The summed E-state index contributed by atoms with van der Waals surface area (Å²) >= 11 is 0. The molecule has 0 aromatic heterocycles. The van der Waals surface area contributed by atoms with Crippen LogP contribution in [0.5, 0.6) is 0 Å². The van der Waals surface area contributed by atoms with Crippen molar-refractivity contribution in [1.29, 1.82) is 0 Å². The average molecular weight is 180 g/mol. The molecule has 0 radical (unpaired) electrons. The molecule has 0 rings (SSSR count). The van der Waals surface area contributed by atoms with Crippen molar-refractivity contribution in [2.45, 2.75) is 65.4 Å². The maximum atomic E-state index is 2.31. The van der Waals surface area contributed by atoms with E-state index >= 15 is 0 Å². The fraction of sp³-hybridized carbons (Fsp3) is 0.833. The molecule has 1 heteroatoms. The molecule has 0 aromatic rings. The van der Waals surface area contributed by atoms with Gasteiger partial charge in [-0.2, -0.15) is 0 Å². The summed E-state index contributed by atoms with van der Waals surface area (Å²) in [5, 5.41) is 0. The van der Waals surface area contributed by atoms with Crippen LogP contribution in [-0.2, 0) is 0 Å². The van der Waals surface area contributed by atoms with E-state index < -0.39 is 0 Å². The Bertz CT molecular complexity index is 116. The summed E-state index contributed by atoms with van der Waals surface area (Å²) in [4.78, 5) is 0. The molecule has 0 amide bonds. The highest BCUT2D eigenvalue weighted by atomic mass is 13.9. The molecular weight excluding hydrogens is 155 g/mol. The maximum absolute atomic E-state index is 2.31. The van der Waals surface area contributed by atoms with Gasteiger partial charge < -0.3 is 0 Å². The third-order valence-corrected chi connectivity index (χ3v) is 2.39. The molecule has 0 N–H and O–H groups in total. The van der Waals surface area contributed by atoms with Crippen LogP contribution in [0, 0.1) is 0 Å². The van der Waals surface area contributed by atoms with Crippen molar-refractivity contribution < 1.29 is 0 Å². The Labute approximate surface area is 84.9 Å². The van der Waals surface area contributed by atoms with E-state index in [0.717, 1.165) is 6.71 Å². The first-order valence-electron chi connectivity index (χ1n) is 5.88. The maximum Gasteiger partial charge on any atom is 0.133 e. The summed E-state index contributed by atoms with van der Waals surface area (Å²) in [7, 11) is 0. The summed E-state index contributed by atoms with van der Waals surface area (Å²) < 4.78 is 0. The summed E-state index contributed by atoms with van der Waals surface area (Å²) in [5.74, 6) is 0. The van der Waals surface area contributed by atoms with Crippen molar-refractivity contribution in [3.8, 4) is 0 Å². The van der Waals surface area contributed by atoms with Crippen LogP contribution in [0.2, 0.25) is 20.0 Å². The normalized spacial score (nSPS) is 11.0. The van der Waals surface area contributed by atoms with Crippen molar-refractivity contribution in [1.82, 2.24) is 0 Å². The first-order chi connectivity index (χ1) is 6.27. The Balaban J connectivity index is 2.91. The van der Waals surface area contributed by atoms with E-state index in [2.05, 4.69) is 32.7 Å². The summed E-state index contributed by atoms with van der Waals surface area (Å²) in [6.07, 6.45) is 14.2. The quantitative estimate of drug-likeness (QED) is 0.289. The second-order valence-electron chi connectivity index (χ2n) is 4.31. The van der Waals surface area contributed by atoms with Gasteiger partial charge in [0.25, 0.3) is 0 Å². The summed E-state index contributed by atoms with van der Waals surface area (Å²) in [6.45, 7) is 7.61. The lowest BCUT2D eigenvalue weighted by Crippen LogP contribution is -1.97. The third-order valence-electron chi connectivity index (χ3n) is 2.39. The van der Waals surface area contributed by atoms with Crippen LogP contribution in [0.15, 0.2) is 12.2 Å². The molecule has 0 heterocycles. The predicted molar refractivity (Wildman–Crippen MR) is 64.8 cm³/mol. The number of hydrogen-bond acceptors (Lipinski definition) is 0. The Morgan fingerprint density at radius 1 is 0.923 bits per heavy atom. The van der Waals surface area contributed by atoms with E-state index in [-0.39, 0.29) is 0 Å². The highest BCUT2D eigenvalue weighted by molar-refractivity contribution is 6.55. The Hall–Kier alpha value is -0.195. The van der Waals surface area contributed by atoms with Gasteiger partial charge in [0, 0.05) is 0 Å². The van der Waals surface area contributed by atoms with Gasteiger partial charge in [0.15, 0.2) is 0 Å². The van der Waals surface area contributed by atoms with Gasteiger partial charge in [0.1, 0.15) is 6.71 Å². The average Bonchev–Trinajstić information content (AvgIpc) is 2.09. The van der Waals surface area contributed by atoms with Gasteiger partial charge in [-0.1, -0.05) is 57.8 Å². The lowest BCUT2D eigenvalue weighted by Gasteiger charge is -2.01. The molecule has 0 nitrogen and oxygen atoms in total. The second kappa shape index (κ2) is 9.89. The van der Waals surface area contributed by atoms with Gasteiger partial charge in [0.2, 0.25) is 0 Å². The molecule has 76 valence electrons. The number of allylic oxidation sites excluding steroid dienone is 2. The van der Waals surface area contributed by atoms with Gasteiger partial charge in [-0.25, -0.2) is 0 Å². The van der Waals surface area contributed by atoms with Crippen LogP contribution >= 0.6 is 0 Å². The van der Waals surface area contributed by atoms with Crippen LogP contribution in [0.4, 0.5) is 0 Å². The van der Waals surface area contributed by atoms with Crippen LogP contribution in [0.1, 0.15) is 45.4 Å². The third kappa shape index (κ3) is 11.8. The molecule has 0 atom stereocenters. The SMILES string of the molecule is CC=CCCCCCCCB(C)C. The van der Waals surface area contributed by atoms with Crippen LogP contribution in [0.25, 0.3) is 0 Å². The molecule has 0 aliphatic heterocycles. The Morgan fingerprint density at radius 2 is 1.54 bits per heavy atom. The molecule has 0 aliphatic carbocycles. The van der Waals surface area contributed by atoms with E-state index in [0.29, 0.717) is 0 Å². The first kappa shape index (κ1) is 12.8. The lowest BCUT2D eigenvalue weighted by molar-refractivity contribution is 0.636. The zero-order valence-electron chi connectivity index (χ0n) is 9.68. The van der Waals surface area contributed by atoms with E-state index in [1.165, 1.54) is 44.8 Å². The van der Waals surface area contributed by atoms with Crippen molar-refractivity contribution in [3.63, 3.8) is 0 Å². The molecule has 0 fully saturated rings. The van der Waals surface area contributed by atoms with Crippen LogP contribution in [0.3, 0.4) is 0 Å². The zero-order valence-corrected chi connectivity index (χ0v) is 9.68. The molecule has 0 unspecified atom stereocenters. The monoisotopic (exact) mass is 180 g/mol. The van der Waals surface area contributed by atoms with Gasteiger partial charge in [0.05, 0.1) is 0 Å². The van der Waals surface area contributed by atoms with E-state index in [9.17, 15) is 0 Å². The predicted octanol–water partition coefficient (Wildman–Crippen LogP) is 4.66. The van der Waals surface area contributed by atoms with E-state index in [1.807, 2.05) is 0 Å². The standard InChI is InChI=1S/C12H25B/c1-4-5-6-7-8-9-10-11-12-13(2)3/h4-5H,6-12H2,1-3H3. The summed E-state index contributed by atoms with van der Waals surface area (Å²) in [6, 6.07) is 0. The van der Waals surface area contributed by atoms with Gasteiger partial charge in [-0.3, -0.25) is 0 Å². The molecule has 0 saturated carbocycles. The zero-order chi connectivity index (χ0) is 9.94. The van der Waals surface area contributed by atoms with Crippen molar-refractivity contribution in [3.05, 3.63) is 12.2 Å². The van der Waals surface area contributed by atoms with Crippen LogP contribution < -0.4 is 0 Å². The van der Waals surface area contributed by atoms with Crippen molar-refractivity contribution >= 4 is 6.71 Å². The highest BCUT2D eigenvalue weighted by Gasteiger charge is 1.96. The Morgan fingerprint density at radius 3 is 2.15 bits per heavy atom. The summed E-state index contributed by atoms with van der Waals surface area (Å²) in [5.41, 5.74) is 0. The number of unbranched alkanes of at least 4 members (excludes halogenated alkanes) is 5. The minimum atomic E-state index is 0.892. The van der Waals surface area contributed by atoms with Crippen molar-refractivity contribution in [2.75, 3.05) is 0 Å². The van der Waals surface area contributed by atoms with Crippen molar-refractivity contribution in [2.24, 2.45) is 0 Å². The Kier molecular flexibility index (Phi) is 9.74. The fourth-order valence-electron chi connectivity index (χ4n) is 1.51. The van der Waals surface area contributed by atoms with Crippen LogP contribution in [-0.4, -0.2) is 6.71 Å².